The van der Waals surface area contributed by atoms with E-state index < -0.39 is 5.97 Å². The summed E-state index contributed by atoms with van der Waals surface area (Å²) in [6.45, 7) is 5.90. The van der Waals surface area contributed by atoms with Gasteiger partial charge in [0.2, 0.25) is 5.91 Å². The molecule has 5 heteroatoms. The molecule has 0 aliphatic carbocycles. The van der Waals surface area contributed by atoms with Crippen LogP contribution in [0.15, 0.2) is 48.5 Å². The first-order chi connectivity index (χ1) is 12.3. The van der Waals surface area contributed by atoms with E-state index in [1.54, 1.807) is 24.3 Å². The Morgan fingerprint density at radius 1 is 1.00 bits per heavy atom. The van der Waals surface area contributed by atoms with Crippen LogP contribution in [-0.2, 0) is 11.2 Å². The van der Waals surface area contributed by atoms with Crippen molar-refractivity contribution in [3.05, 3.63) is 65.2 Å². The number of benzene rings is 2. The minimum Gasteiger partial charge on any atom is -0.491 e. The number of carboxylic acids is 1. The molecule has 2 aromatic carbocycles. The Morgan fingerprint density at radius 2 is 1.62 bits per heavy atom. The molecule has 0 spiro atoms. The summed E-state index contributed by atoms with van der Waals surface area (Å²) in [6, 6.07) is 14.2. The van der Waals surface area contributed by atoms with Gasteiger partial charge in [-0.15, -0.1) is 0 Å². The zero-order valence-electron chi connectivity index (χ0n) is 15.4. The zero-order chi connectivity index (χ0) is 19.1. The highest BCUT2D eigenvalue weighted by atomic mass is 16.5. The predicted molar refractivity (Wildman–Crippen MR) is 100 cm³/mol. The fourth-order valence-corrected chi connectivity index (χ4v) is 2.58. The Kier molecular flexibility index (Phi) is 6.78. The van der Waals surface area contributed by atoms with Crippen LogP contribution in [0.3, 0.4) is 0 Å². The van der Waals surface area contributed by atoms with Gasteiger partial charge in [-0.1, -0.05) is 24.3 Å². The first-order valence-corrected chi connectivity index (χ1v) is 8.73. The van der Waals surface area contributed by atoms with Crippen molar-refractivity contribution in [1.82, 2.24) is 5.32 Å². The molecule has 138 valence electrons. The van der Waals surface area contributed by atoms with E-state index in [0.29, 0.717) is 12.8 Å². The molecule has 0 heterocycles. The fourth-order valence-electron chi connectivity index (χ4n) is 2.58. The average molecular weight is 355 g/mol. The van der Waals surface area contributed by atoms with E-state index >= 15 is 0 Å². The van der Waals surface area contributed by atoms with Crippen LogP contribution in [0.1, 0.15) is 54.7 Å². The summed E-state index contributed by atoms with van der Waals surface area (Å²) in [4.78, 5) is 23.0. The Labute approximate surface area is 154 Å². The molecule has 1 atom stereocenters. The molecular weight excluding hydrogens is 330 g/mol. The van der Waals surface area contributed by atoms with Gasteiger partial charge in [0.15, 0.2) is 0 Å². The summed E-state index contributed by atoms with van der Waals surface area (Å²) in [6.07, 6.45) is 1.05. The van der Waals surface area contributed by atoms with Crippen LogP contribution in [0.4, 0.5) is 0 Å². The third-order valence-corrected chi connectivity index (χ3v) is 3.97. The molecule has 0 saturated heterocycles. The van der Waals surface area contributed by atoms with Gasteiger partial charge in [0.1, 0.15) is 5.75 Å². The number of hydrogen-bond acceptors (Lipinski definition) is 3. The number of aromatic carboxylic acids is 1. The van der Waals surface area contributed by atoms with Crippen molar-refractivity contribution in [3.8, 4) is 5.75 Å². The largest absolute Gasteiger partial charge is 0.491 e. The number of rotatable bonds is 8. The molecule has 1 amide bonds. The molecule has 26 heavy (non-hydrogen) atoms. The maximum Gasteiger partial charge on any atom is 0.335 e. The summed E-state index contributed by atoms with van der Waals surface area (Å²) >= 11 is 0. The number of amides is 1. The number of carbonyl (C=O) groups excluding carboxylic acids is 1. The number of carbonyl (C=O) groups is 2. The smallest absolute Gasteiger partial charge is 0.335 e. The third kappa shape index (κ3) is 5.92. The fraction of sp³-hybridized carbons (Fsp3) is 0.333. The number of carboxylic acid groups (broad SMARTS) is 1. The van der Waals surface area contributed by atoms with Crippen molar-refractivity contribution in [2.45, 2.75) is 45.8 Å². The van der Waals surface area contributed by atoms with Gasteiger partial charge in [0.05, 0.1) is 17.7 Å². The summed E-state index contributed by atoms with van der Waals surface area (Å²) in [5, 5.41) is 11.9. The maximum absolute atomic E-state index is 12.2. The highest BCUT2D eigenvalue weighted by molar-refractivity contribution is 5.87. The van der Waals surface area contributed by atoms with E-state index in [2.05, 4.69) is 5.32 Å². The van der Waals surface area contributed by atoms with E-state index in [-0.39, 0.29) is 23.6 Å². The lowest BCUT2D eigenvalue weighted by Crippen LogP contribution is -2.26. The van der Waals surface area contributed by atoms with Crippen LogP contribution < -0.4 is 10.1 Å². The van der Waals surface area contributed by atoms with Crippen LogP contribution in [-0.4, -0.2) is 23.1 Å². The van der Waals surface area contributed by atoms with Crippen molar-refractivity contribution in [3.63, 3.8) is 0 Å². The Hall–Kier alpha value is -2.82. The minimum atomic E-state index is -0.951. The topological polar surface area (TPSA) is 75.6 Å². The molecule has 0 bridgehead atoms. The van der Waals surface area contributed by atoms with Gasteiger partial charge in [-0.2, -0.15) is 0 Å². The molecule has 5 nitrogen and oxygen atoms in total. The quantitative estimate of drug-likeness (QED) is 0.751. The minimum absolute atomic E-state index is 0.0395. The van der Waals surface area contributed by atoms with Gasteiger partial charge in [-0.3, -0.25) is 4.79 Å². The monoisotopic (exact) mass is 355 g/mol. The van der Waals surface area contributed by atoms with Crippen molar-refractivity contribution in [1.29, 1.82) is 0 Å². The second kappa shape index (κ2) is 9.04. The van der Waals surface area contributed by atoms with E-state index in [0.717, 1.165) is 16.9 Å². The molecule has 0 radical (unpaired) electrons. The zero-order valence-corrected chi connectivity index (χ0v) is 15.4. The molecule has 2 N–H and O–H groups in total. The van der Waals surface area contributed by atoms with Crippen molar-refractivity contribution < 1.29 is 19.4 Å². The third-order valence-electron chi connectivity index (χ3n) is 3.97. The standard InChI is InChI=1S/C21H25NO4/c1-14(2)26-19-11-9-17(10-12-19)15(3)22-20(23)13-6-16-4-7-18(8-5-16)21(24)25/h4-5,7-12,14-15H,6,13H2,1-3H3,(H,22,23)(H,24,25). The average Bonchev–Trinajstić information content (AvgIpc) is 2.60. The van der Waals surface area contributed by atoms with Gasteiger partial charge in [-0.05, 0) is 62.6 Å². The Morgan fingerprint density at radius 3 is 2.15 bits per heavy atom. The van der Waals surface area contributed by atoms with Crippen LogP contribution in [0, 0.1) is 0 Å². The van der Waals surface area contributed by atoms with Gasteiger partial charge in [0, 0.05) is 6.42 Å². The molecule has 0 saturated carbocycles. The molecular formula is C21H25NO4. The SMILES string of the molecule is CC(C)Oc1ccc(C(C)NC(=O)CCc2ccc(C(=O)O)cc2)cc1. The van der Waals surface area contributed by atoms with Gasteiger partial charge in [0.25, 0.3) is 0 Å². The molecule has 1 unspecified atom stereocenters. The second-order valence-electron chi connectivity index (χ2n) is 6.53. The molecule has 0 fully saturated rings. The molecule has 2 rings (SSSR count). The number of hydrogen-bond donors (Lipinski definition) is 2. The number of ether oxygens (including phenoxy) is 1. The first-order valence-electron chi connectivity index (χ1n) is 8.73. The summed E-state index contributed by atoms with van der Waals surface area (Å²) in [7, 11) is 0. The van der Waals surface area contributed by atoms with E-state index in [1.807, 2.05) is 45.0 Å². The van der Waals surface area contributed by atoms with Gasteiger partial charge < -0.3 is 15.2 Å². The van der Waals surface area contributed by atoms with Crippen molar-refractivity contribution in [2.24, 2.45) is 0 Å². The molecule has 2 aromatic rings. The lowest BCUT2D eigenvalue weighted by Gasteiger charge is -2.16. The van der Waals surface area contributed by atoms with Crippen LogP contribution in [0.5, 0.6) is 5.75 Å². The second-order valence-corrected chi connectivity index (χ2v) is 6.53. The van der Waals surface area contributed by atoms with Crippen LogP contribution in [0.25, 0.3) is 0 Å². The highest BCUT2D eigenvalue weighted by Crippen LogP contribution is 2.18. The summed E-state index contributed by atoms with van der Waals surface area (Å²) in [5.41, 5.74) is 2.20. The first kappa shape index (κ1) is 19.5. The van der Waals surface area contributed by atoms with Crippen molar-refractivity contribution in [2.75, 3.05) is 0 Å². The normalized spacial score (nSPS) is 11.8. The number of aryl methyl sites for hydroxylation is 1. The van der Waals surface area contributed by atoms with E-state index in [1.165, 1.54) is 0 Å². The highest BCUT2D eigenvalue weighted by Gasteiger charge is 2.10. The lowest BCUT2D eigenvalue weighted by molar-refractivity contribution is -0.121. The Balaban J connectivity index is 1.83. The Bertz CT molecular complexity index is 736. The molecule has 0 aliphatic heterocycles. The van der Waals surface area contributed by atoms with Gasteiger partial charge in [-0.25, -0.2) is 4.79 Å². The molecule has 0 aromatic heterocycles. The van der Waals surface area contributed by atoms with Gasteiger partial charge >= 0.3 is 5.97 Å². The summed E-state index contributed by atoms with van der Waals surface area (Å²) < 4.78 is 5.62. The number of nitrogens with one attached hydrogen (secondary N) is 1. The maximum atomic E-state index is 12.2. The van der Waals surface area contributed by atoms with Crippen molar-refractivity contribution >= 4 is 11.9 Å². The van der Waals surface area contributed by atoms with Crippen LogP contribution >= 0.6 is 0 Å². The van der Waals surface area contributed by atoms with E-state index in [9.17, 15) is 9.59 Å². The predicted octanol–water partition coefficient (Wildman–Crippen LogP) is 3.98. The van der Waals surface area contributed by atoms with E-state index in [4.69, 9.17) is 9.84 Å². The lowest BCUT2D eigenvalue weighted by atomic mass is 10.1. The molecule has 0 aliphatic rings. The summed E-state index contributed by atoms with van der Waals surface area (Å²) in [5.74, 6) is -0.178. The van der Waals surface area contributed by atoms with Crippen LogP contribution in [0.2, 0.25) is 0 Å².